The van der Waals surface area contributed by atoms with E-state index in [-0.39, 0.29) is 0 Å². The van der Waals surface area contributed by atoms with E-state index in [9.17, 15) is 0 Å². The van der Waals surface area contributed by atoms with E-state index in [1.165, 1.54) is 27.7 Å². The largest absolute Gasteiger partial charge is 0.386 e. The second-order valence-electron chi connectivity index (χ2n) is 4.94. The molecule has 1 heterocycles. The van der Waals surface area contributed by atoms with Crippen LogP contribution in [0.15, 0.2) is 54.1 Å². The number of nitrogens with one attached hydrogen (secondary N) is 2. The Labute approximate surface area is 113 Å². The number of fused-ring (bicyclic) bond motifs is 1. The van der Waals surface area contributed by atoms with E-state index >= 15 is 0 Å². The Kier molecular flexibility index (Phi) is 3.00. The van der Waals surface area contributed by atoms with Gasteiger partial charge in [0.2, 0.25) is 0 Å². The van der Waals surface area contributed by atoms with Crippen molar-refractivity contribution in [2.45, 2.75) is 13.3 Å². The maximum absolute atomic E-state index is 3.52. The molecule has 2 heteroatoms. The topological polar surface area (TPSA) is 27.8 Å². The summed E-state index contributed by atoms with van der Waals surface area (Å²) < 4.78 is 0. The van der Waals surface area contributed by atoms with Gasteiger partial charge in [-0.3, -0.25) is 0 Å². The van der Waals surface area contributed by atoms with Gasteiger partial charge in [0.15, 0.2) is 0 Å². The van der Waals surface area contributed by atoms with Gasteiger partial charge in [-0.15, -0.1) is 0 Å². The number of benzene rings is 1. The number of aromatic nitrogens is 1. The first-order chi connectivity index (χ1) is 9.28. The first-order valence-electron chi connectivity index (χ1n) is 6.62. The van der Waals surface area contributed by atoms with Gasteiger partial charge >= 0.3 is 0 Å². The Balaban J connectivity index is 2.11. The van der Waals surface area contributed by atoms with Gasteiger partial charge in [0.1, 0.15) is 0 Å². The molecule has 0 saturated carbocycles. The van der Waals surface area contributed by atoms with Crippen molar-refractivity contribution in [3.8, 4) is 0 Å². The van der Waals surface area contributed by atoms with Crippen LogP contribution in [0.3, 0.4) is 0 Å². The Morgan fingerprint density at radius 3 is 2.95 bits per heavy atom. The van der Waals surface area contributed by atoms with E-state index in [1.807, 2.05) is 7.05 Å². The number of aromatic amines is 1. The first kappa shape index (κ1) is 11.8. The van der Waals surface area contributed by atoms with Crippen LogP contribution in [0, 0.1) is 0 Å². The number of hydrogen-bond donors (Lipinski definition) is 2. The molecule has 2 nitrogen and oxygen atoms in total. The van der Waals surface area contributed by atoms with Crippen LogP contribution in [0.25, 0.3) is 16.5 Å². The minimum atomic E-state index is 1.03. The zero-order valence-electron chi connectivity index (χ0n) is 11.3. The lowest BCUT2D eigenvalue weighted by Crippen LogP contribution is -1.88. The number of rotatable bonds is 2. The summed E-state index contributed by atoms with van der Waals surface area (Å²) in [5.41, 5.74) is 6.08. The molecular weight excluding hydrogens is 232 g/mol. The Hall–Kier alpha value is -2.22. The summed E-state index contributed by atoms with van der Waals surface area (Å²) in [4.78, 5) is 3.52. The minimum absolute atomic E-state index is 1.03. The fraction of sp³-hybridized carbons (Fsp3) is 0.176. The van der Waals surface area contributed by atoms with Crippen LogP contribution in [-0.4, -0.2) is 12.0 Å². The molecule has 0 fully saturated rings. The molecule has 2 aromatic rings. The monoisotopic (exact) mass is 250 g/mol. The molecule has 2 N–H and O–H groups in total. The smallest absolute Gasteiger partial charge is 0.0694 e. The van der Waals surface area contributed by atoms with Gasteiger partial charge in [-0.1, -0.05) is 42.0 Å². The van der Waals surface area contributed by atoms with Gasteiger partial charge < -0.3 is 10.3 Å². The molecule has 1 aromatic heterocycles. The summed E-state index contributed by atoms with van der Waals surface area (Å²) in [5.74, 6) is 0. The third kappa shape index (κ3) is 2.22. The van der Waals surface area contributed by atoms with Crippen LogP contribution in [0.5, 0.6) is 0 Å². The fourth-order valence-corrected chi connectivity index (χ4v) is 2.43. The van der Waals surface area contributed by atoms with E-state index in [4.69, 9.17) is 0 Å². The Morgan fingerprint density at radius 2 is 2.11 bits per heavy atom. The van der Waals surface area contributed by atoms with Crippen molar-refractivity contribution in [1.82, 2.24) is 4.98 Å². The molecule has 19 heavy (non-hydrogen) atoms. The first-order valence-corrected chi connectivity index (χ1v) is 6.62. The predicted octanol–water partition coefficient (Wildman–Crippen LogP) is 4.50. The highest BCUT2D eigenvalue weighted by Gasteiger charge is 2.07. The van der Waals surface area contributed by atoms with Crippen molar-refractivity contribution >= 4 is 22.2 Å². The standard InChI is InChI=1S/C17H18N2/c1-12-5-3-6-13(10-9-12)16-11-14-7-4-8-15(18-2)17(14)19-16/h3-4,6-11,18-19H,5H2,1-2H3. The molecule has 0 saturated heterocycles. The van der Waals surface area contributed by atoms with Gasteiger partial charge in [0.25, 0.3) is 0 Å². The van der Waals surface area contributed by atoms with Gasteiger partial charge in [-0.25, -0.2) is 0 Å². The molecule has 0 unspecified atom stereocenters. The van der Waals surface area contributed by atoms with Crippen LogP contribution < -0.4 is 5.32 Å². The summed E-state index contributed by atoms with van der Waals surface area (Å²) in [6.07, 6.45) is 9.82. The molecule has 96 valence electrons. The number of hydrogen-bond acceptors (Lipinski definition) is 1. The highest BCUT2D eigenvalue weighted by molar-refractivity contribution is 5.94. The second kappa shape index (κ2) is 4.81. The zero-order chi connectivity index (χ0) is 13.2. The lowest BCUT2D eigenvalue weighted by molar-refractivity contribution is 1.22. The normalized spacial score (nSPS) is 15.1. The summed E-state index contributed by atoms with van der Waals surface area (Å²) in [7, 11) is 1.95. The molecule has 1 aliphatic carbocycles. The Bertz CT molecular complexity index is 699. The second-order valence-corrected chi connectivity index (χ2v) is 4.94. The molecular formula is C17H18N2. The van der Waals surface area contributed by atoms with Crippen molar-refractivity contribution in [3.05, 3.63) is 59.8 Å². The van der Waals surface area contributed by atoms with E-state index in [0.717, 1.165) is 12.1 Å². The van der Waals surface area contributed by atoms with Gasteiger partial charge in [-0.2, -0.15) is 0 Å². The van der Waals surface area contributed by atoms with Gasteiger partial charge in [0.05, 0.1) is 11.2 Å². The molecule has 0 amide bonds. The molecule has 3 rings (SSSR count). The lowest BCUT2D eigenvalue weighted by atomic mass is 10.1. The van der Waals surface area contributed by atoms with Crippen molar-refractivity contribution in [2.24, 2.45) is 0 Å². The summed E-state index contributed by atoms with van der Waals surface area (Å²) in [5, 5.41) is 4.46. The van der Waals surface area contributed by atoms with Crippen LogP contribution >= 0.6 is 0 Å². The third-order valence-electron chi connectivity index (χ3n) is 3.52. The van der Waals surface area contributed by atoms with E-state index < -0.39 is 0 Å². The van der Waals surface area contributed by atoms with Gasteiger partial charge in [-0.05, 0) is 31.1 Å². The number of H-pyrrole nitrogens is 1. The molecule has 0 atom stereocenters. The number of allylic oxidation sites excluding steroid dienone is 6. The van der Waals surface area contributed by atoms with E-state index in [0.29, 0.717) is 0 Å². The summed E-state index contributed by atoms with van der Waals surface area (Å²) in [6.45, 7) is 2.16. The van der Waals surface area contributed by atoms with Crippen molar-refractivity contribution in [1.29, 1.82) is 0 Å². The maximum Gasteiger partial charge on any atom is 0.0694 e. The van der Waals surface area contributed by atoms with Crippen molar-refractivity contribution in [3.63, 3.8) is 0 Å². The summed E-state index contributed by atoms with van der Waals surface area (Å²) >= 11 is 0. The van der Waals surface area contributed by atoms with E-state index in [1.54, 1.807) is 0 Å². The van der Waals surface area contributed by atoms with Crippen molar-refractivity contribution < 1.29 is 0 Å². The van der Waals surface area contributed by atoms with Crippen LogP contribution in [0.2, 0.25) is 0 Å². The molecule has 0 bridgehead atoms. The summed E-state index contributed by atoms with van der Waals surface area (Å²) in [6, 6.07) is 8.51. The number of para-hydroxylation sites is 1. The number of anilines is 1. The van der Waals surface area contributed by atoms with Crippen LogP contribution in [0.4, 0.5) is 5.69 Å². The molecule has 1 aliphatic rings. The zero-order valence-corrected chi connectivity index (χ0v) is 11.3. The lowest BCUT2D eigenvalue weighted by Gasteiger charge is -2.01. The average molecular weight is 250 g/mol. The third-order valence-corrected chi connectivity index (χ3v) is 3.52. The maximum atomic E-state index is 3.52. The van der Waals surface area contributed by atoms with Crippen molar-refractivity contribution in [2.75, 3.05) is 12.4 Å². The average Bonchev–Trinajstić information content (AvgIpc) is 2.74. The predicted molar refractivity (Wildman–Crippen MR) is 83.3 cm³/mol. The molecule has 0 aliphatic heterocycles. The molecule has 1 aromatic carbocycles. The fourth-order valence-electron chi connectivity index (χ4n) is 2.43. The quantitative estimate of drug-likeness (QED) is 0.807. The van der Waals surface area contributed by atoms with Crippen LogP contribution in [0.1, 0.15) is 19.0 Å². The minimum Gasteiger partial charge on any atom is -0.386 e. The highest BCUT2D eigenvalue weighted by atomic mass is 14.9. The highest BCUT2D eigenvalue weighted by Crippen LogP contribution is 2.28. The van der Waals surface area contributed by atoms with Gasteiger partial charge in [0, 0.05) is 18.1 Å². The van der Waals surface area contributed by atoms with Crippen LogP contribution in [-0.2, 0) is 0 Å². The molecule has 0 spiro atoms. The molecule has 0 radical (unpaired) electrons. The van der Waals surface area contributed by atoms with E-state index in [2.05, 4.69) is 65.8 Å². The SMILES string of the molecule is CNc1cccc2cc(C3=CC=C(C)CC=C3)[nH]c12. The Morgan fingerprint density at radius 1 is 1.21 bits per heavy atom.